The summed E-state index contributed by atoms with van der Waals surface area (Å²) in [4.78, 5) is 41.7. The van der Waals surface area contributed by atoms with E-state index in [4.69, 9.17) is 14.2 Å². The van der Waals surface area contributed by atoms with Crippen LogP contribution in [0.15, 0.2) is 58.1 Å². The Morgan fingerprint density at radius 1 is 1.07 bits per heavy atom. The Kier molecular flexibility index (Phi) is 11.8. The topological polar surface area (TPSA) is 78.9 Å². The van der Waals surface area contributed by atoms with Gasteiger partial charge in [0.1, 0.15) is 17.6 Å². The molecule has 0 bridgehead atoms. The van der Waals surface area contributed by atoms with Crippen molar-refractivity contribution in [2.45, 2.75) is 100 Å². The molecule has 0 radical (unpaired) electrons. The van der Waals surface area contributed by atoms with E-state index in [1.165, 1.54) is 19.8 Å². The highest BCUT2D eigenvalue weighted by Gasteiger charge is 2.55. The first-order valence-electron chi connectivity index (χ1n) is 14.5. The highest BCUT2D eigenvalue weighted by atomic mass is 16.5. The fraction of sp³-hybridized carbons (Fsp3) is 0.618. The van der Waals surface area contributed by atoms with E-state index in [-0.39, 0.29) is 29.7 Å². The summed E-state index contributed by atoms with van der Waals surface area (Å²) in [6, 6.07) is 0. The number of allylic oxidation sites excluding steroid dienone is 8. The maximum absolute atomic E-state index is 15.1. The molecule has 2 aliphatic rings. The zero-order valence-corrected chi connectivity index (χ0v) is 26.4. The van der Waals surface area contributed by atoms with Gasteiger partial charge < -0.3 is 14.2 Å². The fourth-order valence-electron chi connectivity index (χ4n) is 5.76. The molecule has 0 aromatic rings. The van der Waals surface area contributed by atoms with Gasteiger partial charge in [0, 0.05) is 11.5 Å². The summed E-state index contributed by atoms with van der Waals surface area (Å²) in [6.07, 6.45) is 6.67. The van der Waals surface area contributed by atoms with Crippen LogP contribution in [0.1, 0.15) is 93.9 Å². The molecule has 1 fully saturated rings. The van der Waals surface area contributed by atoms with E-state index in [0.29, 0.717) is 36.2 Å². The van der Waals surface area contributed by atoms with Gasteiger partial charge in [-0.25, -0.2) is 0 Å². The van der Waals surface area contributed by atoms with Gasteiger partial charge in [-0.15, -0.1) is 0 Å². The smallest absolute Gasteiger partial charge is 0.306 e. The number of carbonyl (C=O) groups is 3. The molecule has 1 aliphatic carbocycles. The summed E-state index contributed by atoms with van der Waals surface area (Å²) >= 11 is 0. The largest absolute Gasteiger partial charge is 0.499 e. The van der Waals surface area contributed by atoms with Crippen LogP contribution in [0.25, 0.3) is 0 Å². The van der Waals surface area contributed by atoms with Crippen molar-refractivity contribution in [3.63, 3.8) is 0 Å². The molecule has 0 aromatic heterocycles. The van der Waals surface area contributed by atoms with E-state index in [2.05, 4.69) is 26.5 Å². The molecule has 2 rings (SSSR count). The van der Waals surface area contributed by atoms with Gasteiger partial charge in [-0.3, -0.25) is 14.4 Å². The van der Waals surface area contributed by atoms with Gasteiger partial charge in [-0.1, -0.05) is 55.7 Å². The molecule has 0 amide bonds. The minimum absolute atomic E-state index is 0.0286. The second kappa shape index (κ2) is 14.1. The maximum Gasteiger partial charge on any atom is 0.306 e. The first-order chi connectivity index (χ1) is 18.7. The molecule has 6 heteroatoms. The molecule has 0 spiro atoms. The van der Waals surface area contributed by atoms with Gasteiger partial charge in [0.25, 0.3) is 0 Å². The zero-order chi connectivity index (χ0) is 30.4. The van der Waals surface area contributed by atoms with Crippen LogP contribution in [0, 0.1) is 23.2 Å². The van der Waals surface area contributed by atoms with E-state index in [9.17, 15) is 9.59 Å². The van der Waals surface area contributed by atoms with Gasteiger partial charge in [0.2, 0.25) is 0 Å². The second-order valence-corrected chi connectivity index (χ2v) is 12.1. The molecule has 5 unspecified atom stereocenters. The summed E-state index contributed by atoms with van der Waals surface area (Å²) < 4.78 is 17.5. The van der Waals surface area contributed by atoms with Crippen molar-refractivity contribution in [3.05, 3.63) is 58.1 Å². The lowest BCUT2D eigenvalue weighted by Crippen LogP contribution is -2.47. The van der Waals surface area contributed by atoms with Crippen molar-refractivity contribution < 1.29 is 28.6 Å². The number of fused-ring (bicyclic) bond motifs is 1. The lowest BCUT2D eigenvalue weighted by atomic mass is 9.61. The average Bonchev–Trinajstić information content (AvgIpc) is 2.88. The van der Waals surface area contributed by atoms with E-state index in [0.717, 1.165) is 24.0 Å². The predicted octanol–water partition coefficient (Wildman–Crippen LogP) is 7.61. The second-order valence-electron chi connectivity index (χ2n) is 12.1. The van der Waals surface area contributed by atoms with Crippen molar-refractivity contribution in [1.29, 1.82) is 0 Å². The van der Waals surface area contributed by atoms with Crippen LogP contribution in [-0.4, -0.2) is 37.9 Å². The predicted molar refractivity (Wildman–Crippen MR) is 159 cm³/mol. The Labute approximate surface area is 241 Å². The molecular formula is C34H50O6. The Bertz CT molecular complexity index is 1130. The molecule has 5 atom stereocenters. The fourth-order valence-corrected chi connectivity index (χ4v) is 5.76. The minimum Gasteiger partial charge on any atom is -0.499 e. The molecular weight excluding hydrogens is 504 g/mol. The van der Waals surface area contributed by atoms with E-state index >= 15 is 4.79 Å². The Morgan fingerprint density at radius 2 is 1.70 bits per heavy atom. The van der Waals surface area contributed by atoms with Gasteiger partial charge >= 0.3 is 5.97 Å². The number of ketones is 2. The van der Waals surface area contributed by atoms with Gasteiger partial charge in [-0.05, 0) is 73.1 Å². The number of carbonyl (C=O) groups excluding carboxylic acids is 3. The molecule has 0 N–H and O–H groups in total. The third-order valence-corrected chi connectivity index (χ3v) is 8.33. The molecule has 0 aromatic carbocycles. The number of esters is 1. The number of hydrogen-bond donors (Lipinski definition) is 0. The Balaban J connectivity index is 2.99. The summed E-state index contributed by atoms with van der Waals surface area (Å²) in [5, 5.41) is 0. The quantitative estimate of drug-likeness (QED) is 0.172. The van der Waals surface area contributed by atoms with Gasteiger partial charge in [0.15, 0.2) is 11.6 Å². The maximum atomic E-state index is 15.1. The highest BCUT2D eigenvalue weighted by molar-refractivity contribution is 6.12. The van der Waals surface area contributed by atoms with Crippen LogP contribution >= 0.6 is 0 Å². The standard InChI is InChI=1S/C34H50O6/c1-12-13-25(18-27(35)38-10)28-31-29(30(36)23(8)24(9)40-31)33(39-11)34(32(28)37,17-16-21(4)5)19-26(22(6)7)15-14-20(2)3/h14,16,23-26H,6,12-13,15,17-19H2,1-5,7-11H3. The van der Waals surface area contributed by atoms with Crippen LogP contribution in [0.3, 0.4) is 0 Å². The monoisotopic (exact) mass is 554 g/mol. The first-order valence-corrected chi connectivity index (χ1v) is 14.5. The van der Waals surface area contributed by atoms with E-state index in [1.807, 2.05) is 47.6 Å². The van der Waals surface area contributed by atoms with Crippen LogP contribution < -0.4 is 0 Å². The summed E-state index contributed by atoms with van der Waals surface area (Å²) in [6.45, 7) is 20.1. The number of rotatable bonds is 13. The van der Waals surface area contributed by atoms with Crippen molar-refractivity contribution in [2.75, 3.05) is 14.2 Å². The molecule has 222 valence electrons. The van der Waals surface area contributed by atoms with E-state index < -0.39 is 29.3 Å². The normalized spacial score (nSPS) is 24.1. The average molecular weight is 555 g/mol. The van der Waals surface area contributed by atoms with Crippen LogP contribution in [-0.2, 0) is 28.6 Å². The van der Waals surface area contributed by atoms with Crippen molar-refractivity contribution in [1.82, 2.24) is 0 Å². The zero-order valence-electron chi connectivity index (χ0n) is 26.4. The van der Waals surface area contributed by atoms with Crippen LogP contribution in [0.4, 0.5) is 0 Å². The first kappa shape index (κ1) is 33.3. The lowest BCUT2D eigenvalue weighted by Gasteiger charge is -2.45. The summed E-state index contributed by atoms with van der Waals surface area (Å²) in [5.41, 5.74) is 2.83. The van der Waals surface area contributed by atoms with Gasteiger partial charge in [0.05, 0.1) is 37.5 Å². The Morgan fingerprint density at radius 3 is 2.20 bits per heavy atom. The van der Waals surface area contributed by atoms with Crippen LogP contribution in [0.2, 0.25) is 0 Å². The molecule has 6 nitrogen and oxygen atoms in total. The third kappa shape index (κ3) is 7.05. The number of Topliss-reactive ketones (excluding diaryl/α,β-unsaturated/α-hetero) is 2. The van der Waals surface area contributed by atoms with Crippen LogP contribution in [0.5, 0.6) is 0 Å². The summed E-state index contributed by atoms with van der Waals surface area (Å²) in [5.74, 6) is -0.870. The molecule has 1 aliphatic heterocycles. The van der Waals surface area contributed by atoms with Crippen molar-refractivity contribution in [3.8, 4) is 0 Å². The molecule has 1 saturated heterocycles. The Hall–Kier alpha value is -2.89. The molecule has 40 heavy (non-hydrogen) atoms. The van der Waals surface area contributed by atoms with Gasteiger partial charge in [-0.2, -0.15) is 0 Å². The SMILES string of the molecule is C=C(C)C(CC=C(C)C)CC1(CC=C(C)C)C(=O)C(C(CCC)CC(=O)OC)=C2OC(C)C(C)C(=O)C2=C1OC. The third-order valence-electron chi connectivity index (χ3n) is 8.33. The van der Waals surface area contributed by atoms with Crippen molar-refractivity contribution in [2.24, 2.45) is 23.2 Å². The number of methoxy groups -OCH3 is 2. The highest BCUT2D eigenvalue weighted by Crippen LogP contribution is 2.54. The number of hydrogen-bond acceptors (Lipinski definition) is 6. The number of ether oxygens (including phenoxy) is 3. The minimum atomic E-state index is -1.15. The van der Waals surface area contributed by atoms with Crippen molar-refractivity contribution >= 4 is 17.5 Å². The molecule has 1 heterocycles. The van der Waals surface area contributed by atoms with E-state index in [1.54, 1.807) is 0 Å². The lowest BCUT2D eigenvalue weighted by molar-refractivity contribution is -0.141. The summed E-state index contributed by atoms with van der Waals surface area (Å²) in [7, 11) is 2.89. The molecule has 0 saturated carbocycles.